The second-order valence-electron chi connectivity index (χ2n) is 8.61. The minimum atomic E-state index is -0.179. The number of rotatable bonds is 10. The van der Waals surface area contributed by atoms with Gasteiger partial charge in [0.25, 0.3) is 11.8 Å². The highest BCUT2D eigenvalue weighted by Crippen LogP contribution is 2.28. The Morgan fingerprint density at radius 3 is 2.22 bits per heavy atom. The maximum Gasteiger partial charge on any atom is 0.257 e. The van der Waals surface area contributed by atoms with Crippen molar-refractivity contribution in [3.8, 4) is 17.0 Å². The molecule has 186 valence electrons. The normalized spacial score (nSPS) is 11.0. The first-order valence-corrected chi connectivity index (χ1v) is 12.3. The third kappa shape index (κ3) is 5.80. The van der Waals surface area contributed by atoms with Crippen molar-refractivity contribution in [3.05, 3.63) is 78.4 Å². The number of methoxy groups -OCH3 is 1. The van der Waals surface area contributed by atoms with Crippen molar-refractivity contribution in [1.82, 2.24) is 14.9 Å². The van der Waals surface area contributed by atoms with Crippen LogP contribution in [0, 0.1) is 0 Å². The number of likely N-dealkylation sites (N-methyl/N-ethyl adjacent to an activating group) is 2. The molecule has 1 amide bonds. The van der Waals surface area contributed by atoms with Gasteiger partial charge in [0.1, 0.15) is 0 Å². The van der Waals surface area contributed by atoms with Crippen LogP contribution < -0.4 is 15.0 Å². The maximum atomic E-state index is 12.9. The first kappa shape index (κ1) is 25.1. The van der Waals surface area contributed by atoms with Gasteiger partial charge in [-0.2, -0.15) is 0 Å². The number of hydrogen-bond donors (Lipinski definition) is 1. The summed E-state index contributed by atoms with van der Waals surface area (Å²) in [5, 5.41) is 2.97. The lowest BCUT2D eigenvalue weighted by Gasteiger charge is -2.24. The molecule has 0 unspecified atom stereocenters. The summed E-state index contributed by atoms with van der Waals surface area (Å²) in [6, 6.07) is 23.2. The summed E-state index contributed by atoms with van der Waals surface area (Å²) >= 11 is 0. The van der Waals surface area contributed by atoms with Crippen LogP contribution in [0.1, 0.15) is 24.2 Å². The summed E-state index contributed by atoms with van der Waals surface area (Å²) in [4.78, 5) is 26.8. The average molecular weight is 484 g/mol. The molecular formula is C29H33N5O2. The fourth-order valence-corrected chi connectivity index (χ4v) is 4.08. The van der Waals surface area contributed by atoms with E-state index >= 15 is 0 Å². The highest BCUT2D eigenvalue weighted by atomic mass is 16.5. The van der Waals surface area contributed by atoms with Crippen molar-refractivity contribution < 1.29 is 9.53 Å². The molecule has 0 aliphatic carbocycles. The number of ether oxygens (including phenoxy) is 1. The molecule has 1 N–H and O–H groups in total. The largest absolute Gasteiger partial charge is 0.478 e. The molecule has 0 fully saturated rings. The zero-order valence-corrected chi connectivity index (χ0v) is 21.4. The van der Waals surface area contributed by atoms with E-state index in [-0.39, 0.29) is 5.91 Å². The van der Waals surface area contributed by atoms with Crippen molar-refractivity contribution in [3.63, 3.8) is 0 Å². The first-order valence-electron chi connectivity index (χ1n) is 12.3. The van der Waals surface area contributed by atoms with E-state index in [4.69, 9.17) is 9.72 Å². The number of benzene rings is 3. The van der Waals surface area contributed by atoms with Crippen LogP contribution in [0.4, 0.5) is 11.5 Å². The number of anilines is 2. The topological polar surface area (TPSA) is 70.6 Å². The van der Waals surface area contributed by atoms with Gasteiger partial charge in [0.05, 0.1) is 18.1 Å². The van der Waals surface area contributed by atoms with Crippen LogP contribution in [0.15, 0.2) is 72.8 Å². The van der Waals surface area contributed by atoms with Crippen LogP contribution in [0.5, 0.6) is 5.88 Å². The number of amides is 1. The molecule has 3 aromatic carbocycles. The molecule has 0 saturated carbocycles. The van der Waals surface area contributed by atoms with E-state index in [9.17, 15) is 4.79 Å². The van der Waals surface area contributed by atoms with E-state index in [1.165, 1.54) is 0 Å². The van der Waals surface area contributed by atoms with Crippen LogP contribution in [0.2, 0.25) is 0 Å². The minimum absolute atomic E-state index is 0.179. The molecule has 0 aliphatic heterocycles. The summed E-state index contributed by atoms with van der Waals surface area (Å²) < 4.78 is 5.56. The van der Waals surface area contributed by atoms with Gasteiger partial charge in [-0.15, -0.1) is 0 Å². The molecular weight excluding hydrogens is 450 g/mol. The lowest BCUT2D eigenvalue weighted by Crippen LogP contribution is -2.33. The Morgan fingerprint density at radius 1 is 0.861 bits per heavy atom. The van der Waals surface area contributed by atoms with E-state index in [0.29, 0.717) is 28.5 Å². The van der Waals surface area contributed by atoms with E-state index in [2.05, 4.69) is 33.9 Å². The fourth-order valence-electron chi connectivity index (χ4n) is 4.08. The first-order chi connectivity index (χ1) is 17.5. The van der Waals surface area contributed by atoms with Crippen molar-refractivity contribution >= 4 is 28.4 Å². The second kappa shape index (κ2) is 11.6. The fraction of sp³-hybridized carbons (Fsp3) is 0.276. The standard InChI is InChI=1S/C29H33N5O2/c1-5-34(6-2)19-18-33(3)27-29(36-4)32-26-20-24(16-17-25(26)31-27)30-28(35)23-14-12-22(13-15-23)21-10-8-7-9-11-21/h7-17,20H,5-6,18-19H2,1-4H3,(H,30,35). The zero-order valence-electron chi connectivity index (χ0n) is 21.4. The van der Waals surface area contributed by atoms with Gasteiger partial charge < -0.3 is 19.9 Å². The van der Waals surface area contributed by atoms with Gasteiger partial charge >= 0.3 is 0 Å². The molecule has 0 spiro atoms. The average Bonchev–Trinajstić information content (AvgIpc) is 2.93. The lowest BCUT2D eigenvalue weighted by molar-refractivity contribution is 0.102. The molecule has 1 heterocycles. The van der Waals surface area contributed by atoms with Crippen molar-refractivity contribution in [2.24, 2.45) is 0 Å². The van der Waals surface area contributed by atoms with Gasteiger partial charge in [-0.05, 0) is 54.5 Å². The maximum absolute atomic E-state index is 12.9. The molecule has 0 saturated heterocycles. The second-order valence-corrected chi connectivity index (χ2v) is 8.61. The SMILES string of the molecule is CCN(CC)CCN(C)c1nc2ccc(NC(=O)c3ccc(-c4ccccc4)cc3)cc2nc1OC. The summed E-state index contributed by atoms with van der Waals surface area (Å²) in [6.07, 6.45) is 0. The van der Waals surface area contributed by atoms with E-state index in [1.54, 1.807) is 7.11 Å². The molecule has 0 aliphatic rings. The number of nitrogens with zero attached hydrogens (tertiary/aromatic N) is 4. The van der Waals surface area contributed by atoms with E-state index in [0.717, 1.165) is 42.8 Å². The Morgan fingerprint density at radius 2 is 1.56 bits per heavy atom. The quantitative estimate of drug-likeness (QED) is 0.329. The number of aromatic nitrogens is 2. The Hall–Kier alpha value is -3.97. The van der Waals surface area contributed by atoms with Crippen molar-refractivity contribution in [2.45, 2.75) is 13.8 Å². The van der Waals surface area contributed by atoms with Crippen molar-refractivity contribution in [2.75, 3.05) is 50.6 Å². The molecule has 0 atom stereocenters. The van der Waals surface area contributed by atoms with Crippen LogP contribution in [-0.4, -0.2) is 61.1 Å². The number of nitrogens with one attached hydrogen (secondary N) is 1. The summed E-state index contributed by atoms with van der Waals surface area (Å²) in [6.45, 7) is 8.10. The van der Waals surface area contributed by atoms with Gasteiger partial charge in [0.2, 0.25) is 0 Å². The van der Waals surface area contributed by atoms with Gasteiger partial charge in [-0.3, -0.25) is 4.79 Å². The summed E-state index contributed by atoms with van der Waals surface area (Å²) in [5.74, 6) is 0.985. The van der Waals surface area contributed by atoms with Crippen LogP contribution in [0.3, 0.4) is 0 Å². The molecule has 1 aromatic heterocycles. The third-order valence-corrected chi connectivity index (χ3v) is 6.33. The van der Waals surface area contributed by atoms with Gasteiger partial charge in [-0.25, -0.2) is 9.97 Å². The predicted molar refractivity (Wildman–Crippen MR) is 147 cm³/mol. The summed E-state index contributed by atoms with van der Waals surface area (Å²) in [7, 11) is 3.60. The Balaban J connectivity index is 1.49. The number of carbonyl (C=O) groups excluding carboxylic acids is 1. The number of fused-ring (bicyclic) bond motifs is 1. The van der Waals surface area contributed by atoms with E-state index in [1.807, 2.05) is 79.8 Å². The zero-order chi connectivity index (χ0) is 25.5. The molecule has 0 bridgehead atoms. The predicted octanol–water partition coefficient (Wildman–Crippen LogP) is 5.34. The van der Waals surface area contributed by atoms with E-state index < -0.39 is 0 Å². The molecule has 4 rings (SSSR count). The molecule has 0 radical (unpaired) electrons. The third-order valence-electron chi connectivity index (χ3n) is 6.33. The smallest absolute Gasteiger partial charge is 0.257 e. The lowest BCUT2D eigenvalue weighted by atomic mass is 10.0. The van der Waals surface area contributed by atoms with Gasteiger partial charge in [0.15, 0.2) is 5.82 Å². The highest BCUT2D eigenvalue weighted by molar-refractivity contribution is 6.05. The highest BCUT2D eigenvalue weighted by Gasteiger charge is 2.15. The number of carbonyl (C=O) groups is 1. The molecule has 7 nitrogen and oxygen atoms in total. The van der Waals surface area contributed by atoms with Crippen LogP contribution in [0.25, 0.3) is 22.2 Å². The Kier molecular flexibility index (Phi) is 8.13. The molecule has 36 heavy (non-hydrogen) atoms. The van der Waals surface area contributed by atoms with Gasteiger partial charge in [0, 0.05) is 31.4 Å². The molecule has 7 heteroatoms. The summed E-state index contributed by atoms with van der Waals surface area (Å²) in [5.41, 5.74) is 4.82. The Labute approximate surface area is 212 Å². The monoisotopic (exact) mass is 483 g/mol. The van der Waals surface area contributed by atoms with Crippen LogP contribution in [-0.2, 0) is 0 Å². The Bertz CT molecular complexity index is 1300. The van der Waals surface area contributed by atoms with Crippen LogP contribution >= 0.6 is 0 Å². The molecule has 4 aromatic rings. The minimum Gasteiger partial charge on any atom is -0.478 e. The number of hydrogen-bond acceptors (Lipinski definition) is 6. The van der Waals surface area contributed by atoms with Crippen molar-refractivity contribution in [1.29, 1.82) is 0 Å². The van der Waals surface area contributed by atoms with Gasteiger partial charge in [-0.1, -0.05) is 56.3 Å².